The molecule has 50 heavy (non-hydrogen) atoms. The van der Waals surface area contributed by atoms with Crippen LogP contribution >= 0.6 is 0 Å². The van der Waals surface area contributed by atoms with E-state index in [1.54, 1.807) is 12.1 Å². The van der Waals surface area contributed by atoms with E-state index in [0.29, 0.717) is 11.5 Å². The van der Waals surface area contributed by atoms with E-state index in [-0.39, 0.29) is 5.82 Å². The van der Waals surface area contributed by atoms with E-state index < -0.39 is 0 Å². The number of nitrogens with zero attached hydrogens (tertiary/aromatic N) is 4. The molecule has 2 aromatic carbocycles. The molecule has 1 aliphatic carbocycles. The molecule has 0 radical (unpaired) electrons. The van der Waals surface area contributed by atoms with Gasteiger partial charge >= 0.3 is 0 Å². The van der Waals surface area contributed by atoms with Crippen LogP contribution in [0.5, 0.6) is 0 Å². The molecule has 5 aromatic rings. The zero-order chi connectivity index (χ0) is 34.5. The van der Waals surface area contributed by atoms with E-state index in [1.807, 2.05) is 42.7 Å². The Balaban J connectivity index is 1.07. The van der Waals surface area contributed by atoms with E-state index in [1.165, 1.54) is 58.0 Å². The number of H-pyrrole nitrogens is 2. The lowest BCUT2D eigenvalue weighted by Gasteiger charge is -2.22. The van der Waals surface area contributed by atoms with Crippen LogP contribution in [0.4, 0.5) is 10.1 Å². The molecule has 2 aliphatic rings. The first-order valence-corrected chi connectivity index (χ1v) is 18.2. The van der Waals surface area contributed by atoms with Crippen LogP contribution in [-0.2, 0) is 6.42 Å². The van der Waals surface area contributed by atoms with Crippen molar-refractivity contribution in [3.05, 3.63) is 101 Å². The number of hydrogen-bond donors (Lipinski definition) is 3. The van der Waals surface area contributed by atoms with Crippen LogP contribution in [0.3, 0.4) is 0 Å². The van der Waals surface area contributed by atoms with Gasteiger partial charge in [-0.1, -0.05) is 69.5 Å². The number of para-hydroxylation sites is 1. The van der Waals surface area contributed by atoms with Gasteiger partial charge < -0.3 is 15.2 Å². The second-order valence-electron chi connectivity index (χ2n) is 14.2. The number of benzene rings is 2. The number of rotatable bonds is 12. The van der Waals surface area contributed by atoms with Crippen molar-refractivity contribution < 1.29 is 4.39 Å². The zero-order valence-electron chi connectivity index (χ0n) is 29.2. The Morgan fingerprint density at radius 1 is 1.06 bits per heavy atom. The molecule has 2 fully saturated rings. The fourth-order valence-electron chi connectivity index (χ4n) is 7.58. The van der Waals surface area contributed by atoms with Gasteiger partial charge in [0.25, 0.3) is 0 Å². The largest absolute Gasteiger partial charge is 0.358 e. The first kappa shape index (κ1) is 33.7. The molecule has 8 heteroatoms. The Labute approximate surface area is 294 Å². The number of allylic oxidation sites excluding steroid dienone is 3. The van der Waals surface area contributed by atoms with Crippen LogP contribution in [0.2, 0.25) is 0 Å². The Kier molecular flexibility index (Phi) is 10.4. The number of fused-ring (bicyclic) bond motifs is 1. The first-order valence-electron chi connectivity index (χ1n) is 18.2. The summed E-state index contributed by atoms with van der Waals surface area (Å²) < 4.78 is 14.9. The number of aryl methyl sites for hydroxylation is 1. The number of likely N-dealkylation sites (tertiary alicyclic amines) is 1. The number of imidazole rings is 1. The fraction of sp³-hybridized carbons (Fsp3) is 0.357. The van der Waals surface area contributed by atoms with E-state index >= 15 is 0 Å². The fourth-order valence-corrected chi connectivity index (χ4v) is 7.58. The predicted molar refractivity (Wildman–Crippen MR) is 204 cm³/mol. The number of aromatic nitrogens is 5. The SMILES string of the molecule is C=C(CC1CCCCC1)Nc1cncc(/C(C)=C/C=c2/[nH]nc(-c3nc4c(-c5cc(F)cc(CCCN6CCCC6)c5)cccc4[nH]3)c2=C)c1. The highest BCUT2D eigenvalue weighted by molar-refractivity contribution is 5.93. The van der Waals surface area contributed by atoms with Gasteiger partial charge in [0.2, 0.25) is 0 Å². The molecule has 4 heterocycles. The Morgan fingerprint density at radius 3 is 2.74 bits per heavy atom. The number of anilines is 1. The van der Waals surface area contributed by atoms with Crippen molar-refractivity contribution >= 4 is 34.9 Å². The normalized spacial score (nSPS) is 16.4. The van der Waals surface area contributed by atoms with Crippen LogP contribution in [0.15, 0.2) is 73.2 Å². The van der Waals surface area contributed by atoms with Gasteiger partial charge in [0.05, 0.1) is 28.3 Å². The average Bonchev–Trinajstić information content (AvgIpc) is 3.88. The van der Waals surface area contributed by atoms with E-state index in [0.717, 1.165) is 92.5 Å². The molecule has 0 bridgehead atoms. The molecule has 3 N–H and O–H groups in total. The molecular weight excluding hydrogens is 622 g/mol. The molecular formula is C42H48FN7. The van der Waals surface area contributed by atoms with Crippen molar-refractivity contribution in [2.24, 2.45) is 5.92 Å². The lowest BCUT2D eigenvalue weighted by atomic mass is 9.86. The summed E-state index contributed by atoms with van der Waals surface area (Å²) in [6, 6.07) is 13.5. The summed E-state index contributed by atoms with van der Waals surface area (Å²) >= 11 is 0. The predicted octanol–water partition coefficient (Wildman–Crippen LogP) is 8.37. The third kappa shape index (κ3) is 7.97. The number of aromatic amines is 2. The van der Waals surface area contributed by atoms with Crippen LogP contribution in [0, 0.1) is 11.7 Å². The van der Waals surface area contributed by atoms with E-state index in [9.17, 15) is 4.39 Å². The summed E-state index contributed by atoms with van der Waals surface area (Å²) in [5.41, 5.74) is 9.13. The van der Waals surface area contributed by atoms with Crippen molar-refractivity contribution in [1.29, 1.82) is 0 Å². The lowest BCUT2D eigenvalue weighted by Crippen LogP contribution is -2.21. The van der Waals surface area contributed by atoms with Gasteiger partial charge in [-0.25, -0.2) is 9.37 Å². The van der Waals surface area contributed by atoms with Gasteiger partial charge in [0.1, 0.15) is 11.5 Å². The summed E-state index contributed by atoms with van der Waals surface area (Å²) in [5, 5.41) is 12.7. The second kappa shape index (κ2) is 15.4. The molecule has 0 unspecified atom stereocenters. The Morgan fingerprint density at radius 2 is 1.90 bits per heavy atom. The van der Waals surface area contributed by atoms with Crippen molar-refractivity contribution in [1.82, 2.24) is 30.0 Å². The molecule has 7 nitrogen and oxygen atoms in total. The quantitative estimate of drug-likeness (QED) is 0.124. The molecule has 1 aliphatic heterocycles. The van der Waals surface area contributed by atoms with Gasteiger partial charge in [-0.15, -0.1) is 0 Å². The highest BCUT2D eigenvalue weighted by Gasteiger charge is 2.16. The molecule has 0 spiro atoms. The second-order valence-corrected chi connectivity index (χ2v) is 14.2. The molecule has 1 saturated heterocycles. The minimum absolute atomic E-state index is 0.221. The third-order valence-electron chi connectivity index (χ3n) is 10.3. The maximum Gasteiger partial charge on any atom is 0.159 e. The molecule has 258 valence electrons. The third-order valence-corrected chi connectivity index (χ3v) is 10.3. The van der Waals surface area contributed by atoms with Crippen LogP contribution < -0.4 is 15.9 Å². The highest BCUT2D eigenvalue weighted by atomic mass is 19.1. The smallest absolute Gasteiger partial charge is 0.159 e. The molecule has 3 aromatic heterocycles. The Hall–Kier alpha value is -4.82. The van der Waals surface area contributed by atoms with Gasteiger partial charge in [-0.3, -0.25) is 10.1 Å². The summed E-state index contributed by atoms with van der Waals surface area (Å²) in [7, 11) is 0. The maximum atomic E-state index is 14.9. The monoisotopic (exact) mass is 669 g/mol. The first-order chi connectivity index (χ1) is 24.4. The zero-order valence-corrected chi connectivity index (χ0v) is 29.2. The van der Waals surface area contributed by atoms with Crippen molar-refractivity contribution in [2.75, 3.05) is 25.0 Å². The van der Waals surface area contributed by atoms with Crippen molar-refractivity contribution in [3.8, 4) is 22.6 Å². The van der Waals surface area contributed by atoms with Crippen LogP contribution in [0.1, 0.15) is 75.8 Å². The molecule has 1 saturated carbocycles. The molecule has 0 amide bonds. The highest BCUT2D eigenvalue weighted by Crippen LogP contribution is 2.31. The summed E-state index contributed by atoms with van der Waals surface area (Å²) in [5.74, 6) is 1.13. The van der Waals surface area contributed by atoms with Crippen LogP contribution in [-0.4, -0.2) is 49.7 Å². The topological polar surface area (TPSA) is 85.5 Å². The van der Waals surface area contributed by atoms with E-state index in [2.05, 4.69) is 62.6 Å². The van der Waals surface area contributed by atoms with Gasteiger partial charge in [-0.05, 0) is 117 Å². The maximum absolute atomic E-state index is 14.9. The minimum atomic E-state index is -0.221. The Bertz CT molecular complexity index is 2110. The average molecular weight is 670 g/mol. The van der Waals surface area contributed by atoms with Crippen molar-refractivity contribution in [3.63, 3.8) is 0 Å². The van der Waals surface area contributed by atoms with E-state index in [4.69, 9.17) is 4.98 Å². The van der Waals surface area contributed by atoms with Crippen LogP contribution in [0.25, 0.3) is 51.9 Å². The number of halogens is 1. The summed E-state index contributed by atoms with van der Waals surface area (Å²) in [6.45, 7) is 14.1. The standard InChI is InChI=1S/C42H48FN7/c1-28(34-25-36(27-44-26-34)45-29(2)21-31-11-5-4-6-12-31)16-17-38-30(3)40(49-48-38)42-46-39-15-9-14-37(41(39)47-42)33-22-32(23-35(43)24-33)13-10-20-50-18-7-8-19-50/h9,14-17,22-27,31,45,48H,2-8,10-13,18-21H2,1H3,(H,46,47)/b28-16+,38-17+. The van der Waals surface area contributed by atoms with Gasteiger partial charge in [0.15, 0.2) is 5.82 Å². The number of nitrogens with one attached hydrogen (secondary N) is 3. The summed E-state index contributed by atoms with van der Waals surface area (Å²) in [4.78, 5) is 15.4. The van der Waals surface area contributed by atoms with Gasteiger partial charge in [-0.2, -0.15) is 5.10 Å². The van der Waals surface area contributed by atoms with Crippen molar-refractivity contribution in [2.45, 2.75) is 71.1 Å². The molecule has 7 rings (SSSR count). The molecule has 0 atom stereocenters. The summed E-state index contributed by atoms with van der Waals surface area (Å²) in [6.07, 6.45) is 19.8. The lowest BCUT2D eigenvalue weighted by molar-refractivity contribution is 0.334. The number of pyridine rings is 1. The number of hydrogen-bond acceptors (Lipinski definition) is 5. The minimum Gasteiger partial charge on any atom is -0.358 e. The van der Waals surface area contributed by atoms with Gasteiger partial charge in [0, 0.05) is 22.7 Å².